The number of methoxy groups -OCH3 is 2. The second-order valence-corrected chi connectivity index (χ2v) is 6.68. The summed E-state index contributed by atoms with van der Waals surface area (Å²) in [6.07, 6.45) is 3.92. The normalized spacial score (nSPS) is 18.6. The molecule has 0 unspecified atom stereocenters. The SMILES string of the molecule is COc1cc2c(cc1OC)[C@@H]1CN(C(=O)c3ccncc3)CC(=O)N1CC2. The Hall–Kier alpha value is -3.09. The molecule has 1 fully saturated rings. The van der Waals surface area contributed by atoms with Gasteiger partial charge >= 0.3 is 0 Å². The maximum Gasteiger partial charge on any atom is 0.254 e. The van der Waals surface area contributed by atoms with Crippen LogP contribution in [0.2, 0.25) is 0 Å². The number of nitrogens with zero attached hydrogens (tertiary/aromatic N) is 3. The van der Waals surface area contributed by atoms with Gasteiger partial charge in [-0.05, 0) is 41.8 Å². The number of amides is 2. The number of pyridine rings is 1. The Balaban J connectivity index is 1.68. The van der Waals surface area contributed by atoms with E-state index in [4.69, 9.17) is 9.47 Å². The monoisotopic (exact) mass is 367 g/mol. The number of ether oxygens (including phenoxy) is 2. The highest BCUT2D eigenvalue weighted by atomic mass is 16.5. The summed E-state index contributed by atoms with van der Waals surface area (Å²) in [5.74, 6) is 1.12. The second-order valence-electron chi connectivity index (χ2n) is 6.68. The van der Waals surface area contributed by atoms with Gasteiger partial charge in [0, 0.05) is 31.0 Å². The molecule has 2 aliphatic heterocycles. The third-order valence-electron chi connectivity index (χ3n) is 5.26. The molecular weight excluding hydrogens is 346 g/mol. The van der Waals surface area contributed by atoms with Crippen LogP contribution in [0, 0.1) is 0 Å². The summed E-state index contributed by atoms with van der Waals surface area (Å²) in [7, 11) is 3.20. The zero-order valence-electron chi connectivity index (χ0n) is 15.3. The lowest BCUT2D eigenvalue weighted by molar-refractivity contribution is -0.139. The third-order valence-corrected chi connectivity index (χ3v) is 5.26. The van der Waals surface area contributed by atoms with Gasteiger partial charge in [0.05, 0.1) is 20.3 Å². The number of carbonyl (C=O) groups excluding carboxylic acids is 2. The molecule has 4 rings (SSSR count). The lowest BCUT2D eigenvalue weighted by Crippen LogP contribution is -2.55. The quantitative estimate of drug-likeness (QED) is 0.825. The topological polar surface area (TPSA) is 72.0 Å². The van der Waals surface area contributed by atoms with Crippen LogP contribution in [0.5, 0.6) is 11.5 Å². The van der Waals surface area contributed by atoms with Gasteiger partial charge < -0.3 is 19.3 Å². The van der Waals surface area contributed by atoms with Gasteiger partial charge in [0.2, 0.25) is 5.91 Å². The van der Waals surface area contributed by atoms with Crippen LogP contribution < -0.4 is 9.47 Å². The molecule has 2 amide bonds. The molecule has 0 spiro atoms. The average Bonchev–Trinajstić information content (AvgIpc) is 2.72. The van der Waals surface area contributed by atoms with E-state index in [0.717, 1.165) is 17.5 Å². The molecule has 27 heavy (non-hydrogen) atoms. The minimum atomic E-state index is -0.180. The zero-order chi connectivity index (χ0) is 19.0. The van der Waals surface area contributed by atoms with Crippen LogP contribution >= 0.6 is 0 Å². The van der Waals surface area contributed by atoms with E-state index in [2.05, 4.69) is 4.98 Å². The van der Waals surface area contributed by atoms with Crippen molar-refractivity contribution in [1.82, 2.24) is 14.8 Å². The molecule has 0 saturated carbocycles. The summed E-state index contributed by atoms with van der Waals surface area (Å²) >= 11 is 0. The fourth-order valence-electron chi connectivity index (χ4n) is 3.88. The van der Waals surface area contributed by atoms with Crippen molar-refractivity contribution in [2.45, 2.75) is 12.5 Å². The molecule has 1 aromatic carbocycles. The largest absolute Gasteiger partial charge is 0.493 e. The van der Waals surface area contributed by atoms with Crippen LogP contribution in [-0.4, -0.2) is 60.5 Å². The van der Waals surface area contributed by atoms with Crippen molar-refractivity contribution in [1.29, 1.82) is 0 Å². The smallest absolute Gasteiger partial charge is 0.254 e. The Morgan fingerprint density at radius 3 is 2.56 bits per heavy atom. The minimum absolute atomic E-state index is 0.0332. The number of fused-ring (bicyclic) bond motifs is 3. The lowest BCUT2D eigenvalue weighted by Gasteiger charge is -2.44. The fourth-order valence-corrected chi connectivity index (χ4v) is 3.88. The highest BCUT2D eigenvalue weighted by Gasteiger charge is 2.39. The van der Waals surface area contributed by atoms with Crippen LogP contribution in [0.4, 0.5) is 0 Å². The molecule has 1 saturated heterocycles. The minimum Gasteiger partial charge on any atom is -0.493 e. The average molecular weight is 367 g/mol. The summed E-state index contributed by atoms with van der Waals surface area (Å²) < 4.78 is 10.8. The summed E-state index contributed by atoms with van der Waals surface area (Å²) in [6.45, 7) is 1.19. The molecule has 0 N–H and O–H groups in total. The Labute approximate surface area is 157 Å². The lowest BCUT2D eigenvalue weighted by atomic mass is 9.90. The Bertz CT molecular complexity index is 884. The Morgan fingerprint density at radius 2 is 1.85 bits per heavy atom. The molecule has 2 aliphatic rings. The van der Waals surface area contributed by atoms with E-state index < -0.39 is 0 Å². The van der Waals surface area contributed by atoms with E-state index in [1.807, 2.05) is 17.0 Å². The number of carbonyl (C=O) groups is 2. The van der Waals surface area contributed by atoms with Crippen LogP contribution in [0.15, 0.2) is 36.7 Å². The first kappa shape index (κ1) is 17.3. The molecule has 0 bridgehead atoms. The number of hydrogen-bond acceptors (Lipinski definition) is 5. The number of piperazine rings is 1. The highest BCUT2D eigenvalue weighted by molar-refractivity contribution is 5.97. The molecule has 3 heterocycles. The van der Waals surface area contributed by atoms with Gasteiger partial charge in [-0.3, -0.25) is 14.6 Å². The van der Waals surface area contributed by atoms with Crippen LogP contribution in [0.3, 0.4) is 0 Å². The second kappa shape index (κ2) is 6.90. The Kier molecular flexibility index (Phi) is 4.43. The zero-order valence-corrected chi connectivity index (χ0v) is 15.3. The van der Waals surface area contributed by atoms with E-state index in [1.165, 1.54) is 0 Å². The predicted octanol–water partition coefficient (Wildman–Crippen LogP) is 1.68. The molecule has 0 aliphatic carbocycles. The molecular formula is C20H21N3O4. The van der Waals surface area contributed by atoms with Gasteiger partial charge in [0.25, 0.3) is 5.91 Å². The van der Waals surface area contributed by atoms with Crippen molar-refractivity contribution in [3.8, 4) is 11.5 Å². The van der Waals surface area contributed by atoms with Gasteiger partial charge in [-0.15, -0.1) is 0 Å². The maximum absolute atomic E-state index is 12.8. The van der Waals surface area contributed by atoms with Crippen LogP contribution in [-0.2, 0) is 11.2 Å². The third kappa shape index (κ3) is 2.99. The van der Waals surface area contributed by atoms with Crippen molar-refractivity contribution in [2.24, 2.45) is 0 Å². The van der Waals surface area contributed by atoms with Gasteiger partial charge in [-0.2, -0.15) is 0 Å². The summed E-state index contributed by atoms with van der Waals surface area (Å²) in [5.41, 5.74) is 2.67. The maximum atomic E-state index is 12.8. The van der Waals surface area contributed by atoms with Gasteiger partial charge in [0.15, 0.2) is 11.5 Å². The predicted molar refractivity (Wildman–Crippen MR) is 97.8 cm³/mol. The number of rotatable bonds is 3. The van der Waals surface area contributed by atoms with Crippen molar-refractivity contribution in [3.63, 3.8) is 0 Å². The Morgan fingerprint density at radius 1 is 1.15 bits per heavy atom. The standard InChI is InChI=1S/C20H21N3O4/c1-26-17-9-14-5-8-23-16(15(14)10-18(17)27-2)11-22(12-19(23)24)20(25)13-3-6-21-7-4-13/h3-4,6-7,9-10,16H,5,8,11-12H2,1-2H3/t16-/m0/s1. The highest BCUT2D eigenvalue weighted by Crippen LogP contribution is 2.39. The summed E-state index contributed by atoms with van der Waals surface area (Å²) in [4.78, 5) is 33.0. The van der Waals surface area contributed by atoms with Crippen molar-refractivity contribution >= 4 is 11.8 Å². The van der Waals surface area contributed by atoms with Gasteiger partial charge in [-0.1, -0.05) is 0 Å². The molecule has 0 radical (unpaired) electrons. The first-order valence-electron chi connectivity index (χ1n) is 8.86. The fraction of sp³-hybridized carbons (Fsp3) is 0.350. The number of hydrogen-bond donors (Lipinski definition) is 0. The molecule has 140 valence electrons. The summed E-state index contributed by atoms with van der Waals surface area (Å²) in [6, 6.07) is 7.06. The molecule has 1 atom stereocenters. The van der Waals surface area contributed by atoms with Crippen molar-refractivity contribution in [2.75, 3.05) is 33.9 Å². The van der Waals surface area contributed by atoms with Gasteiger partial charge in [-0.25, -0.2) is 0 Å². The molecule has 7 heteroatoms. The first-order valence-corrected chi connectivity index (χ1v) is 8.86. The molecule has 7 nitrogen and oxygen atoms in total. The number of aromatic nitrogens is 1. The first-order chi connectivity index (χ1) is 13.1. The van der Waals surface area contributed by atoms with Crippen LogP contribution in [0.1, 0.15) is 27.5 Å². The van der Waals surface area contributed by atoms with E-state index in [0.29, 0.717) is 30.2 Å². The van der Waals surface area contributed by atoms with E-state index in [1.54, 1.807) is 43.6 Å². The van der Waals surface area contributed by atoms with E-state index >= 15 is 0 Å². The van der Waals surface area contributed by atoms with Crippen molar-refractivity contribution < 1.29 is 19.1 Å². The molecule has 1 aromatic heterocycles. The van der Waals surface area contributed by atoms with Crippen molar-refractivity contribution in [3.05, 3.63) is 53.3 Å². The molecule has 2 aromatic rings. The summed E-state index contributed by atoms with van der Waals surface area (Å²) in [5, 5.41) is 0. The number of benzene rings is 1. The van der Waals surface area contributed by atoms with Gasteiger partial charge in [0.1, 0.15) is 6.54 Å². The van der Waals surface area contributed by atoms with E-state index in [9.17, 15) is 9.59 Å². The van der Waals surface area contributed by atoms with E-state index in [-0.39, 0.29) is 24.4 Å². The van der Waals surface area contributed by atoms with Crippen LogP contribution in [0.25, 0.3) is 0 Å².